The third kappa shape index (κ3) is 9.00. The Balaban J connectivity index is 0.00000338. The number of anilines is 1. The molecular weight excluding hydrogens is 529 g/mol. The van der Waals surface area contributed by atoms with Gasteiger partial charge in [-0.15, -0.1) is 24.0 Å². The third-order valence-corrected chi connectivity index (χ3v) is 4.59. The van der Waals surface area contributed by atoms with Gasteiger partial charge in [-0.05, 0) is 42.5 Å². The van der Waals surface area contributed by atoms with Crippen LogP contribution in [0, 0.1) is 0 Å². The Hall–Kier alpha value is -1.13. The minimum atomic E-state index is 0. The van der Waals surface area contributed by atoms with E-state index in [-0.39, 0.29) is 24.0 Å². The van der Waals surface area contributed by atoms with E-state index in [1.54, 1.807) is 18.9 Å². The zero-order chi connectivity index (χ0) is 17.9. The van der Waals surface area contributed by atoms with Crippen molar-refractivity contribution in [3.63, 3.8) is 0 Å². The van der Waals surface area contributed by atoms with Crippen molar-refractivity contribution in [1.82, 2.24) is 0 Å². The number of thioether (sulfide) groups is 1. The number of guanidine groups is 1. The van der Waals surface area contributed by atoms with Crippen molar-refractivity contribution in [2.24, 2.45) is 10.7 Å². The molecule has 0 unspecified atom stereocenters. The Kier molecular flexibility index (Phi) is 11.5. The zero-order valence-corrected chi connectivity index (χ0v) is 19.2. The van der Waals surface area contributed by atoms with Gasteiger partial charge in [-0.1, -0.05) is 22.0 Å². The van der Waals surface area contributed by atoms with Crippen LogP contribution in [0.5, 0.6) is 11.5 Å². The van der Waals surface area contributed by atoms with Crippen LogP contribution < -0.4 is 20.5 Å². The second-order valence-electron chi connectivity index (χ2n) is 5.04. The summed E-state index contributed by atoms with van der Waals surface area (Å²) < 4.78 is 11.8. The van der Waals surface area contributed by atoms with Gasteiger partial charge in [0, 0.05) is 21.7 Å². The van der Waals surface area contributed by atoms with E-state index < -0.39 is 0 Å². The summed E-state index contributed by atoms with van der Waals surface area (Å²) in [5, 5.41) is 3.06. The second kappa shape index (κ2) is 13.1. The lowest BCUT2D eigenvalue weighted by atomic mass is 10.3. The lowest BCUT2D eigenvalue weighted by Gasteiger charge is -2.07. The third-order valence-electron chi connectivity index (χ3n) is 3.17. The maximum absolute atomic E-state index is 5.88. The Morgan fingerprint density at radius 1 is 1.15 bits per heavy atom. The molecule has 2 rings (SSSR count). The molecule has 5 nitrogen and oxygen atoms in total. The first kappa shape index (κ1) is 22.9. The predicted molar refractivity (Wildman–Crippen MR) is 125 cm³/mol. The molecule has 0 amide bonds. The first-order chi connectivity index (χ1) is 12.2. The van der Waals surface area contributed by atoms with Gasteiger partial charge in [-0.2, -0.15) is 11.8 Å². The van der Waals surface area contributed by atoms with Crippen LogP contribution in [0.25, 0.3) is 0 Å². The Bertz CT molecular complexity index is 686. The average Bonchev–Trinajstić information content (AvgIpc) is 2.61. The number of aliphatic imine (C=N–C) groups is 1. The second-order valence-corrected chi connectivity index (χ2v) is 7.18. The smallest absolute Gasteiger partial charge is 0.193 e. The van der Waals surface area contributed by atoms with Gasteiger partial charge in [0.05, 0.1) is 20.3 Å². The number of hydrogen-bond acceptors (Lipinski definition) is 4. The normalized spacial score (nSPS) is 10.8. The van der Waals surface area contributed by atoms with Gasteiger partial charge in [0.1, 0.15) is 11.5 Å². The number of hydrogen-bond donors (Lipinski definition) is 2. The minimum absolute atomic E-state index is 0. The first-order valence-corrected chi connectivity index (χ1v) is 9.79. The molecule has 0 bridgehead atoms. The maximum atomic E-state index is 5.88. The van der Waals surface area contributed by atoms with Crippen LogP contribution in [0.3, 0.4) is 0 Å². The molecule has 0 saturated carbocycles. The highest BCUT2D eigenvalue weighted by molar-refractivity contribution is 14.0. The van der Waals surface area contributed by atoms with Crippen molar-refractivity contribution in [2.75, 3.05) is 37.1 Å². The average molecular weight is 552 g/mol. The van der Waals surface area contributed by atoms with Crippen LogP contribution in [0.1, 0.15) is 0 Å². The van der Waals surface area contributed by atoms with E-state index in [9.17, 15) is 0 Å². The van der Waals surface area contributed by atoms with Crippen LogP contribution in [0.15, 0.2) is 58.0 Å². The van der Waals surface area contributed by atoms with Gasteiger partial charge in [0.25, 0.3) is 0 Å². The molecule has 0 aliphatic heterocycles. The fourth-order valence-electron chi connectivity index (χ4n) is 1.97. The van der Waals surface area contributed by atoms with Gasteiger partial charge in [-0.3, -0.25) is 4.99 Å². The topological polar surface area (TPSA) is 68.9 Å². The van der Waals surface area contributed by atoms with E-state index in [0.29, 0.717) is 19.1 Å². The molecule has 3 N–H and O–H groups in total. The Morgan fingerprint density at radius 2 is 1.92 bits per heavy atom. The van der Waals surface area contributed by atoms with E-state index in [1.807, 2.05) is 48.5 Å². The zero-order valence-electron chi connectivity index (χ0n) is 14.5. The number of halogens is 2. The number of ether oxygens (including phenoxy) is 2. The highest BCUT2D eigenvalue weighted by atomic mass is 127. The molecule has 2 aromatic carbocycles. The van der Waals surface area contributed by atoms with Gasteiger partial charge >= 0.3 is 0 Å². The van der Waals surface area contributed by atoms with Crippen molar-refractivity contribution < 1.29 is 9.47 Å². The van der Waals surface area contributed by atoms with Crippen molar-refractivity contribution in [1.29, 1.82) is 0 Å². The molecule has 0 saturated heterocycles. The predicted octanol–water partition coefficient (Wildman–Crippen LogP) is 4.61. The van der Waals surface area contributed by atoms with Crippen molar-refractivity contribution in [3.8, 4) is 11.5 Å². The summed E-state index contributed by atoms with van der Waals surface area (Å²) in [5.41, 5.74) is 6.76. The number of nitrogens with zero attached hydrogens (tertiary/aromatic N) is 1. The Morgan fingerprint density at radius 3 is 2.62 bits per heavy atom. The van der Waals surface area contributed by atoms with Gasteiger partial charge in [-0.25, -0.2) is 0 Å². The standard InChI is InChI=1S/C18H22BrN3O2S.HI/c1-23-16-7-5-15(6-8-16)22-18(20)21-9-11-25-12-10-24-17-4-2-3-14(19)13-17;/h2-8,13H,9-12H2,1H3,(H3,20,21,22);1H. The van der Waals surface area contributed by atoms with Crippen LogP contribution in [0.4, 0.5) is 5.69 Å². The molecule has 0 spiro atoms. The summed E-state index contributed by atoms with van der Waals surface area (Å²) in [6.07, 6.45) is 0. The number of methoxy groups -OCH3 is 1. The van der Waals surface area contributed by atoms with Crippen LogP contribution in [-0.4, -0.2) is 37.7 Å². The summed E-state index contributed by atoms with van der Waals surface area (Å²) in [4.78, 5) is 4.31. The summed E-state index contributed by atoms with van der Waals surface area (Å²) in [7, 11) is 1.64. The Labute approximate surface area is 184 Å². The van der Waals surface area contributed by atoms with Crippen molar-refractivity contribution in [2.45, 2.75) is 0 Å². The molecule has 2 aromatic rings. The van der Waals surface area contributed by atoms with Crippen molar-refractivity contribution in [3.05, 3.63) is 53.0 Å². The van der Waals surface area contributed by atoms with E-state index in [4.69, 9.17) is 15.2 Å². The molecule has 26 heavy (non-hydrogen) atoms. The number of nitrogens with one attached hydrogen (secondary N) is 1. The molecule has 0 heterocycles. The molecule has 0 atom stereocenters. The number of nitrogens with two attached hydrogens (primary N) is 1. The highest BCUT2D eigenvalue weighted by Gasteiger charge is 1.97. The highest BCUT2D eigenvalue weighted by Crippen LogP contribution is 2.18. The summed E-state index contributed by atoms with van der Waals surface area (Å²) in [6, 6.07) is 15.4. The molecule has 8 heteroatoms. The summed E-state index contributed by atoms with van der Waals surface area (Å²) in [5.74, 6) is 3.90. The molecule has 0 aliphatic rings. The van der Waals surface area contributed by atoms with Gasteiger partial charge in [0.15, 0.2) is 5.96 Å². The fraction of sp³-hybridized carbons (Fsp3) is 0.278. The van der Waals surface area contributed by atoms with E-state index in [0.717, 1.165) is 33.2 Å². The van der Waals surface area contributed by atoms with Crippen LogP contribution in [0.2, 0.25) is 0 Å². The van der Waals surface area contributed by atoms with Crippen molar-refractivity contribution >= 4 is 63.3 Å². The fourth-order valence-corrected chi connectivity index (χ4v) is 2.97. The quantitative estimate of drug-likeness (QED) is 0.206. The molecule has 0 aromatic heterocycles. The monoisotopic (exact) mass is 551 g/mol. The van der Waals surface area contributed by atoms with Crippen LogP contribution in [-0.2, 0) is 0 Å². The molecule has 142 valence electrons. The SMILES string of the molecule is COc1ccc(NC(N)=NCCSCCOc2cccc(Br)c2)cc1.I. The lowest BCUT2D eigenvalue weighted by Crippen LogP contribution is -2.23. The van der Waals surface area contributed by atoms with Gasteiger partial charge in [0.2, 0.25) is 0 Å². The van der Waals surface area contributed by atoms with E-state index in [2.05, 4.69) is 26.2 Å². The minimum Gasteiger partial charge on any atom is -0.497 e. The number of benzene rings is 2. The van der Waals surface area contributed by atoms with E-state index >= 15 is 0 Å². The largest absolute Gasteiger partial charge is 0.497 e. The summed E-state index contributed by atoms with van der Waals surface area (Å²) >= 11 is 5.21. The lowest BCUT2D eigenvalue weighted by molar-refractivity contribution is 0.344. The molecule has 0 radical (unpaired) electrons. The number of rotatable bonds is 9. The summed E-state index contributed by atoms with van der Waals surface area (Å²) in [6.45, 7) is 1.33. The first-order valence-electron chi connectivity index (χ1n) is 7.84. The van der Waals surface area contributed by atoms with Crippen LogP contribution >= 0.6 is 51.7 Å². The van der Waals surface area contributed by atoms with Gasteiger partial charge < -0.3 is 20.5 Å². The molecule has 0 aliphatic carbocycles. The van der Waals surface area contributed by atoms with E-state index in [1.165, 1.54) is 0 Å². The molecular formula is C18H23BrIN3O2S. The molecule has 0 fully saturated rings. The maximum Gasteiger partial charge on any atom is 0.193 e.